The van der Waals surface area contributed by atoms with E-state index in [9.17, 15) is 0 Å². The van der Waals surface area contributed by atoms with E-state index in [1.165, 1.54) is 57.8 Å². The second-order valence-corrected chi connectivity index (χ2v) is 11.1. The molecule has 1 aliphatic heterocycles. The number of allylic oxidation sites excluding steroid dienone is 1. The first kappa shape index (κ1) is 18.7. The molecule has 0 radical (unpaired) electrons. The zero-order valence-corrected chi connectivity index (χ0v) is 18.1. The number of fused-ring (bicyclic) bond motifs is 5. The van der Waals surface area contributed by atoms with Crippen molar-refractivity contribution in [1.29, 1.82) is 0 Å². The van der Waals surface area contributed by atoms with Crippen LogP contribution in [-0.2, 0) is 9.47 Å². The molecule has 152 valence electrons. The molecule has 0 aromatic heterocycles. The number of hydrogen-bond acceptors (Lipinski definition) is 2. The quantitative estimate of drug-likeness (QED) is 0.513. The Morgan fingerprint density at radius 2 is 1.89 bits per heavy atom. The molecule has 4 fully saturated rings. The van der Waals surface area contributed by atoms with Crippen LogP contribution >= 0.6 is 0 Å². The zero-order chi connectivity index (χ0) is 18.9. The van der Waals surface area contributed by atoms with Crippen molar-refractivity contribution in [3.05, 3.63) is 11.6 Å². The summed E-state index contributed by atoms with van der Waals surface area (Å²) in [4.78, 5) is 0. The molecule has 27 heavy (non-hydrogen) atoms. The van der Waals surface area contributed by atoms with Gasteiger partial charge in [0.15, 0.2) is 12.6 Å². The van der Waals surface area contributed by atoms with Gasteiger partial charge >= 0.3 is 0 Å². The highest BCUT2D eigenvalue weighted by atomic mass is 16.9. The average Bonchev–Trinajstić information content (AvgIpc) is 2.95. The van der Waals surface area contributed by atoms with Gasteiger partial charge in [0.25, 0.3) is 0 Å². The molecule has 0 amide bonds. The lowest BCUT2D eigenvalue weighted by atomic mass is 9.43. The predicted molar refractivity (Wildman–Crippen MR) is 109 cm³/mol. The van der Waals surface area contributed by atoms with Crippen molar-refractivity contribution >= 4 is 0 Å². The van der Waals surface area contributed by atoms with E-state index in [2.05, 4.69) is 33.8 Å². The van der Waals surface area contributed by atoms with Gasteiger partial charge in [-0.15, -0.1) is 0 Å². The van der Waals surface area contributed by atoms with Crippen LogP contribution in [-0.4, -0.2) is 12.6 Å². The summed E-state index contributed by atoms with van der Waals surface area (Å²) in [5, 5.41) is 0. The summed E-state index contributed by atoms with van der Waals surface area (Å²) < 4.78 is 11.8. The van der Waals surface area contributed by atoms with Gasteiger partial charge in [0.05, 0.1) is 0 Å². The van der Waals surface area contributed by atoms with Crippen LogP contribution in [0.3, 0.4) is 0 Å². The lowest BCUT2D eigenvalue weighted by Crippen LogP contribution is -2.57. The number of hydrogen-bond donors (Lipinski definition) is 0. The fourth-order valence-corrected chi connectivity index (χ4v) is 8.95. The Hall–Kier alpha value is -0.340. The van der Waals surface area contributed by atoms with Gasteiger partial charge in [0, 0.05) is 6.42 Å². The zero-order valence-electron chi connectivity index (χ0n) is 18.1. The summed E-state index contributed by atoms with van der Waals surface area (Å²) >= 11 is 0. The smallest absolute Gasteiger partial charge is 0.193 e. The molecule has 0 unspecified atom stereocenters. The maximum Gasteiger partial charge on any atom is 0.193 e. The van der Waals surface area contributed by atoms with Crippen LogP contribution in [0.15, 0.2) is 11.6 Å². The molecule has 1 spiro atoms. The van der Waals surface area contributed by atoms with E-state index in [1.807, 2.05) is 0 Å². The molecule has 7 atom stereocenters. The highest BCUT2D eigenvalue weighted by Gasteiger charge is 2.62. The minimum Gasteiger partial charge on any atom is -0.320 e. The second kappa shape index (κ2) is 6.33. The lowest BCUT2D eigenvalue weighted by molar-refractivity contribution is -0.379. The van der Waals surface area contributed by atoms with Crippen molar-refractivity contribution in [2.24, 2.45) is 40.4 Å². The summed E-state index contributed by atoms with van der Waals surface area (Å²) in [5.41, 5.74) is 2.69. The largest absolute Gasteiger partial charge is 0.320 e. The Morgan fingerprint density at radius 1 is 1.07 bits per heavy atom. The maximum atomic E-state index is 5.88. The molecule has 0 bridgehead atoms. The van der Waals surface area contributed by atoms with Crippen molar-refractivity contribution in [1.82, 2.24) is 0 Å². The lowest BCUT2D eigenvalue weighted by Gasteiger charge is -2.62. The molecule has 0 N–H and O–H groups in total. The van der Waals surface area contributed by atoms with Crippen molar-refractivity contribution < 1.29 is 9.47 Å². The molecule has 5 rings (SSSR count). The summed E-state index contributed by atoms with van der Waals surface area (Å²) in [5.74, 6) is 4.37. The van der Waals surface area contributed by atoms with E-state index in [-0.39, 0.29) is 5.79 Å². The molecule has 5 aliphatic rings. The minimum absolute atomic E-state index is 0.341. The van der Waals surface area contributed by atoms with Gasteiger partial charge in [-0.1, -0.05) is 52.5 Å². The minimum atomic E-state index is -0.341. The molecule has 0 aromatic carbocycles. The molecular weight excluding hydrogens is 332 g/mol. The molecule has 1 heterocycles. The molecule has 2 heteroatoms. The van der Waals surface area contributed by atoms with Crippen LogP contribution in [0.1, 0.15) is 91.9 Å². The highest BCUT2D eigenvalue weighted by Crippen LogP contribution is 2.69. The van der Waals surface area contributed by atoms with Crippen LogP contribution in [0.4, 0.5) is 0 Å². The third-order valence-corrected chi connectivity index (χ3v) is 10.2. The van der Waals surface area contributed by atoms with Crippen LogP contribution < -0.4 is 0 Å². The van der Waals surface area contributed by atoms with Crippen LogP contribution in [0.5, 0.6) is 0 Å². The van der Waals surface area contributed by atoms with Gasteiger partial charge in [0.2, 0.25) is 0 Å². The van der Waals surface area contributed by atoms with E-state index < -0.39 is 0 Å². The van der Waals surface area contributed by atoms with Gasteiger partial charge in [0.1, 0.15) is 0 Å². The van der Waals surface area contributed by atoms with E-state index >= 15 is 0 Å². The molecule has 4 aliphatic carbocycles. The standard InChI is InChI=1S/C25H40O2/c1-5-7-17-14-24(4)18(6-2)9-11-21(24)20-10-8-19-15-25(26-16-27-25)13-12-23(19,3)22(17)20/h15,17-18,20-22H,5-14,16H2,1-4H3/t17-,18+,20+,21+,22+,23+,24-/m1/s1. The van der Waals surface area contributed by atoms with Gasteiger partial charge in [-0.25, -0.2) is 0 Å². The van der Waals surface area contributed by atoms with Gasteiger partial charge in [-0.05, 0) is 85.0 Å². The Balaban J connectivity index is 1.52. The Morgan fingerprint density at radius 3 is 2.56 bits per heavy atom. The summed E-state index contributed by atoms with van der Waals surface area (Å²) in [6.07, 6.45) is 16.1. The molecule has 3 saturated carbocycles. The normalized spacial score (nSPS) is 50.4. The van der Waals surface area contributed by atoms with Crippen molar-refractivity contribution in [3.8, 4) is 0 Å². The number of ether oxygens (including phenoxy) is 2. The third-order valence-electron chi connectivity index (χ3n) is 10.2. The summed E-state index contributed by atoms with van der Waals surface area (Å²) in [7, 11) is 0. The van der Waals surface area contributed by atoms with E-state index in [0.717, 1.165) is 36.0 Å². The first-order valence-electron chi connectivity index (χ1n) is 12.0. The average molecular weight is 373 g/mol. The van der Waals surface area contributed by atoms with Crippen LogP contribution in [0, 0.1) is 40.4 Å². The van der Waals surface area contributed by atoms with E-state index in [4.69, 9.17) is 9.47 Å². The molecule has 0 aromatic rings. The SMILES string of the molecule is CCC[C@@H]1C[C@]2(C)[C@@H](CC)CC[C@H]2[C@@H]2CCC3=CC4(CC[C@]3(C)[C@@H]12)OCO4. The molecule has 1 saturated heterocycles. The van der Waals surface area contributed by atoms with Crippen molar-refractivity contribution in [2.75, 3.05) is 6.79 Å². The molecular formula is C25H40O2. The number of rotatable bonds is 3. The van der Waals surface area contributed by atoms with Crippen LogP contribution in [0.25, 0.3) is 0 Å². The van der Waals surface area contributed by atoms with E-state index in [1.54, 1.807) is 5.57 Å². The highest BCUT2D eigenvalue weighted by molar-refractivity contribution is 5.28. The van der Waals surface area contributed by atoms with E-state index in [0.29, 0.717) is 17.6 Å². The Bertz CT molecular complexity index is 620. The van der Waals surface area contributed by atoms with Gasteiger partial charge in [-0.3, -0.25) is 0 Å². The van der Waals surface area contributed by atoms with Gasteiger partial charge in [-0.2, -0.15) is 0 Å². The Labute approximate surface area is 166 Å². The fraction of sp³-hybridized carbons (Fsp3) is 0.920. The summed E-state index contributed by atoms with van der Waals surface area (Å²) in [6.45, 7) is 10.7. The summed E-state index contributed by atoms with van der Waals surface area (Å²) in [6, 6.07) is 0. The second-order valence-electron chi connectivity index (χ2n) is 11.1. The maximum absolute atomic E-state index is 5.88. The first-order chi connectivity index (χ1) is 13.0. The Kier molecular flexibility index (Phi) is 4.38. The topological polar surface area (TPSA) is 18.5 Å². The molecule has 2 nitrogen and oxygen atoms in total. The first-order valence-corrected chi connectivity index (χ1v) is 12.0. The fourth-order valence-electron chi connectivity index (χ4n) is 8.95. The predicted octanol–water partition coefficient (Wildman–Crippen LogP) is 6.70. The van der Waals surface area contributed by atoms with Crippen LogP contribution in [0.2, 0.25) is 0 Å². The van der Waals surface area contributed by atoms with Crippen molar-refractivity contribution in [3.63, 3.8) is 0 Å². The van der Waals surface area contributed by atoms with Crippen molar-refractivity contribution in [2.45, 2.75) is 97.7 Å². The third kappa shape index (κ3) is 2.51. The van der Waals surface area contributed by atoms with Gasteiger partial charge < -0.3 is 9.47 Å². The monoisotopic (exact) mass is 372 g/mol.